The molecule has 3 nitrogen and oxygen atoms in total. The van der Waals surface area contributed by atoms with Crippen LogP contribution in [0.15, 0.2) is 224 Å². The first-order valence-corrected chi connectivity index (χ1v) is 21.3. The molecule has 0 N–H and O–H groups in total. The third-order valence-electron chi connectivity index (χ3n) is 11.4. The minimum Gasteiger partial charge on any atom is -0.208 e. The Labute approximate surface area is 359 Å². The monoisotopic (exact) mass is 795 g/mol. The Morgan fingerprint density at radius 3 is 1.15 bits per heavy atom. The molecule has 4 heteroatoms. The Morgan fingerprint density at radius 1 is 0.246 bits per heavy atom. The molecule has 0 bridgehead atoms. The summed E-state index contributed by atoms with van der Waals surface area (Å²) in [6, 6.07) is 79.4. The van der Waals surface area contributed by atoms with E-state index in [1.807, 2.05) is 23.5 Å². The van der Waals surface area contributed by atoms with Crippen LogP contribution in [0.4, 0.5) is 0 Å². The van der Waals surface area contributed by atoms with Gasteiger partial charge in [-0.1, -0.05) is 194 Å². The zero-order chi connectivity index (χ0) is 40.5. The molecule has 0 aliphatic carbocycles. The summed E-state index contributed by atoms with van der Waals surface area (Å²) in [7, 11) is 0. The van der Waals surface area contributed by atoms with Gasteiger partial charge in [-0.3, -0.25) is 0 Å². The average molecular weight is 796 g/mol. The van der Waals surface area contributed by atoms with Crippen LogP contribution in [0.3, 0.4) is 0 Å². The highest BCUT2D eigenvalue weighted by Gasteiger charge is 2.18. The van der Waals surface area contributed by atoms with Crippen molar-refractivity contribution in [3.05, 3.63) is 224 Å². The Morgan fingerprint density at radius 2 is 0.623 bits per heavy atom. The highest BCUT2D eigenvalue weighted by molar-refractivity contribution is 7.26. The molecule has 0 aliphatic rings. The molecule has 286 valence electrons. The van der Waals surface area contributed by atoms with Gasteiger partial charge in [0.15, 0.2) is 17.5 Å². The smallest absolute Gasteiger partial charge is 0.164 e. The normalized spacial score (nSPS) is 11.3. The van der Waals surface area contributed by atoms with Crippen molar-refractivity contribution in [1.82, 2.24) is 15.0 Å². The summed E-state index contributed by atoms with van der Waals surface area (Å²) in [5.74, 6) is 1.88. The standard InChI is InChI=1S/C57H37N3S/c1-5-14-38(15-6-1)42-24-28-44(29-25-42)55-58-56(45-30-26-43(27-31-45)39-16-7-2-8-17-39)60-57(59-55)48-23-13-22-47(34-48)50-36-49(41-20-11-4-12-21-41)37-52-51-35-46(40-18-9-3-10-19-40)32-33-53(51)61-54(50)52/h1-37H. The predicted molar refractivity (Wildman–Crippen MR) is 256 cm³/mol. The number of nitrogens with zero attached hydrogens (tertiary/aromatic N) is 3. The van der Waals surface area contributed by atoms with Crippen LogP contribution in [-0.2, 0) is 0 Å². The SMILES string of the molecule is c1ccc(-c2ccc(-c3nc(-c4ccc(-c5ccccc5)cc4)nc(-c4cccc(-c5cc(-c6ccccc6)cc6c5sc5ccc(-c7ccccc7)cc56)c4)n3)cc2)cc1. The van der Waals surface area contributed by atoms with E-state index in [0.717, 1.165) is 33.4 Å². The second-order valence-electron chi connectivity index (χ2n) is 15.2. The van der Waals surface area contributed by atoms with Gasteiger partial charge in [-0.2, -0.15) is 0 Å². The second-order valence-corrected chi connectivity index (χ2v) is 16.3. The highest BCUT2D eigenvalue weighted by atomic mass is 32.1. The molecule has 61 heavy (non-hydrogen) atoms. The van der Waals surface area contributed by atoms with Crippen molar-refractivity contribution >= 4 is 31.5 Å². The maximum Gasteiger partial charge on any atom is 0.164 e. The maximum atomic E-state index is 5.18. The van der Waals surface area contributed by atoms with Gasteiger partial charge in [0.05, 0.1) is 0 Å². The fourth-order valence-electron chi connectivity index (χ4n) is 8.17. The lowest BCUT2D eigenvalue weighted by atomic mass is 9.94. The van der Waals surface area contributed by atoms with Crippen LogP contribution >= 0.6 is 11.3 Å². The van der Waals surface area contributed by atoms with Crippen molar-refractivity contribution in [3.8, 4) is 89.8 Å². The minimum absolute atomic E-state index is 0.625. The van der Waals surface area contributed by atoms with E-state index in [1.165, 1.54) is 59.1 Å². The van der Waals surface area contributed by atoms with E-state index < -0.39 is 0 Å². The molecule has 0 amide bonds. The van der Waals surface area contributed by atoms with Crippen LogP contribution in [0.25, 0.3) is 110 Å². The highest BCUT2D eigenvalue weighted by Crippen LogP contribution is 2.44. The van der Waals surface area contributed by atoms with E-state index >= 15 is 0 Å². The van der Waals surface area contributed by atoms with Gasteiger partial charge < -0.3 is 0 Å². The summed E-state index contributed by atoms with van der Waals surface area (Å²) < 4.78 is 2.52. The summed E-state index contributed by atoms with van der Waals surface area (Å²) in [6.07, 6.45) is 0. The Kier molecular flexibility index (Phi) is 9.38. The molecule has 0 spiro atoms. The molecule has 11 aromatic rings. The third-order valence-corrected chi connectivity index (χ3v) is 12.6. The third kappa shape index (κ3) is 7.20. The lowest BCUT2D eigenvalue weighted by Gasteiger charge is -2.12. The Hall–Kier alpha value is -7.79. The van der Waals surface area contributed by atoms with Crippen molar-refractivity contribution in [2.24, 2.45) is 0 Å². The van der Waals surface area contributed by atoms with Gasteiger partial charge in [-0.15, -0.1) is 11.3 Å². The summed E-state index contributed by atoms with van der Waals surface area (Å²) in [5.41, 5.74) is 14.5. The van der Waals surface area contributed by atoms with Gasteiger partial charge in [-0.25, -0.2) is 15.0 Å². The van der Waals surface area contributed by atoms with Crippen LogP contribution < -0.4 is 0 Å². The average Bonchev–Trinajstić information content (AvgIpc) is 3.73. The van der Waals surface area contributed by atoms with Gasteiger partial charge in [0, 0.05) is 42.4 Å². The number of hydrogen-bond acceptors (Lipinski definition) is 4. The molecule has 0 fully saturated rings. The molecule has 2 heterocycles. The van der Waals surface area contributed by atoms with Crippen molar-refractivity contribution in [3.63, 3.8) is 0 Å². The first-order chi connectivity index (χ1) is 30.2. The first kappa shape index (κ1) is 36.3. The van der Waals surface area contributed by atoms with Crippen LogP contribution in [0.1, 0.15) is 0 Å². The van der Waals surface area contributed by atoms with Crippen LogP contribution in [0.2, 0.25) is 0 Å². The quantitative estimate of drug-likeness (QED) is 0.154. The van der Waals surface area contributed by atoms with Crippen LogP contribution in [0.5, 0.6) is 0 Å². The largest absolute Gasteiger partial charge is 0.208 e. The Bertz CT molecular complexity index is 3210. The molecule has 0 saturated heterocycles. The summed E-state index contributed by atoms with van der Waals surface area (Å²) in [5, 5.41) is 2.52. The molecular weight excluding hydrogens is 759 g/mol. The predicted octanol–water partition coefficient (Wildman–Crippen LogP) is 15.6. The second kappa shape index (κ2) is 15.8. The Balaban J connectivity index is 1.05. The fraction of sp³-hybridized carbons (Fsp3) is 0. The van der Waals surface area contributed by atoms with E-state index in [0.29, 0.717) is 17.5 Å². The van der Waals surface area contributed by atoms with E-state index in [2.05, 4.69) is 212 Å². The van der Waals surface area contributed by atoms with Gasteiger partial charge in [-0.05, 0) is 80.4 Å². The molecule has 0 unspecified atom stereocenters. The van der Waals surface area contributed by atoms with Crippen molar-refractivity contribution in [1.29, 1.82) is 0 Å². The minimum atomic E-state index is 0.625. The van der Waals surface area contributed by atoms with E-state index in [-0.39, 0.29) is 0 Å². The molecule has 11 rings (SSSR count). The number of rotatable bonds is 8. The van der Waals surface area contributed by atoms with E-state index in [9.17, 15) is 0 Å². The van der Waals surface area contributed by atoms with Gasteiger partial charge >= 0.3 is 0 Å². The van der Waals surface area contributed by atoms with Crippen molar-refractivity contribution in [2.75, 3.05) is 0 Å². The number of hydrogen-bond donors (Lipinski definition) is 0. The lowest BCUT2D eigenvalue weighted by Crippen LogP contribution is -2.00. The topological polar surface area (TPSA) is 38.7 Å². The van der Waals surface area contributed by atoms with E-state index in [1.54, 1.807) is 0 Å². The number of aromatic nitrogens is 3. The van der Waals surface area contributed by atoms with Gasteiger partial charge in [0.1, 0.15) is 0 Å². The van der Waals surface area contributed by atoms with Crippen molar-refractivity contribution in [2.45, 2.75) is 0 Å². The molecule has 0 saturated carbocycles. The lowest BCUT2D eigenvalue weighted by molar-refractivity contribution is 1.07. The van der Waals surface area contributed by atoms with Gasteiger partial charge in [0.2, 0.25) is 0 Å². The number of thiophene rings is 1. The molecule has 0 aliphatic heterocycles. The summed E-state index contributed by atoms with van der Waals surface area (Å²) in [6.45, 7) is 0. The first-order valence-electron chi connectivity index (χ1n) is 20.5. The molecule has 0 radical (unpaired) electrons. The zero-order valence-corrected chi connectivity index (χ0v) is 33.9. The van der Waals surface area contributed by atoms with Crippen molar-refractivity contribution < 1.29 is 0 Å². The molecule has 0 atom stereocenters. The molecule has 2 aromatic heterocycles. The number of fused-ring (bicyclic) bond motifs is 3. The maximum absolute atomic E-state index is 5.18. The van der Waals surface area contributed by atoms with Crippen LogP contribution in [0, 0.1) is 0 Å². The summed E-state index contributed by atoms with van der Waals surface area (Å²) in [4.78, 5) is 15.5. The van der Waals surface area contributed by atoms with E-state index in [4.69, 9.17) is 15.0 Å². The van der Waals surface area contributed by atoms with Gasteiger partial charge in [0.25, 0.3) is 0 Å². The molecular formula is C57H37N3S. The summed E-state index contributed by atoms with van der Waals surface area (Å²) >= 11 is 1.85. The number of benzene rings is 9. The van der Waals surface area contributed by atoms with Crippen LogP contribution in [-0.4, -0.2) is 15.0 Å². The fourth-order valence-corrected chi connectivity index (χ4v) is 9.37. The molecule has 9 aromatic carbocycles. The zero-order valence-electron chi connectivity index (χ0n) is 33.1.